The second kappa shape index (κ2) is 12.2. The minimum Gasteiger partial charge on any atom is -0.478 e. The molecule has 5 N–H and O–H groups in total. The maximum atomic E-state index is 12.1. The van der Waals surface area contributed by atoms with Crippen molar-refractivity contribution in [2.75, 3.05) is 0 Å². The molecule has 0 radical (unpaired) electrons. The highest BCUT2D eigenvalue weighted by atomic mass is 16.6. The average Bonchev–Trinajstić information content (AvgIpc) is 2.88. The monoisotopic (exact) mass is 524 g/mol. The molecule has 13 heteroatoms. The van der Waals surface area contributed by atoms with Crippen LogP contribution in [0.15, 0.2) is 66.7 Å². The third-order valence-electron chi connectivity index (χ3n) is 4.63. The van der Waals surface area contributed by atoms with Crippen LogP contribution in [-0.2, 0) is 4.74 Å². The fourth-order valence-corrected chi connectivity index (χ4v) is 2.76. The molecule has 0 fully saturated rings. The molecular formula is C25H16O13. The molecule has 0 aliphatic carbocycles. The summed E-state index contributed by atoms with van der Waals surface area (Å²) in [5, 5.41) is 43.8. The number of rotatable bonds is 7. The number of ether oxygens (including phenoxy) is 1. The topological polar surface area (TPSA) is 230 Å². The van der Waals surface area contributed by atoms with E-state index in [1.807, 2.05) is 0 Å². The van der Waals surface area contributed by atoms with Crippen LogP contribution in [0.5, 0.6) is 0 Å². The van der Waals surface area contributed by atoms with Gasteiger partial charge in [-0.15, -0.1) is 0 Å². The lowest BCUT2D eigenvalue weighted by atomic mass is 10.0. The number of carbonyl (C=O) groups is 7. The first-order valence-electron chi connectivity index (χ1n) is 10.1. The summed E-state index contributed by atoms with van der Waals surface area (Å²) < 4.78 is 4.57. The Hall–Kier alpha value is -5.85. The summed E-state index contributed by atoms with van der Waals surface area (Å²) in [6.07, 6.45) is 0. The van der Waals surface area contributed by atoms with E-state index in [0.29, 0.717) is 0 Å². The van der Waals surface area contributed by atoms with Gasteiger partial charge in [-0.3, -0.25) is 0 Å². The standard InChI is InChI=1S/C17H10O9.C8H6O4/c18-13(19)8-1-3-9(4-2-8)16(24)26-17(25)12-7-10(14(20)21)5-6-11(12)15(22)23;9-7(10)5-2-1-3-6(4-5)8(11)12/h1-7H,(H,18,19)(H,20,21)(H,22,23);1-4H,(H,9,10)(H,11,12). The molecule has 0 aliphatic rings. The van der Waals surface area contributed by atoms with Crippen molar-refractivity contribution in [2.45, 2.75) is 0 Å². The van der Waals surface area contributed by atoms with Gasteiger partial charge in [0.25, 0.3) is 0 Å². The molecule has 3 aromatic carbocycles. The molecule has 0 amide bonds. The van der Waals surface area contributed by atoms with Crippen molar-refractivity contribution < 1.29 is 63.8 Å². The fraction of sp³-hybridized carbons (Fsp3) is 0. The highest BCUT2D eigenvalue weighted by Gasteiger charge is 2.23. The van der Waals surface area contributed by atoms with Crippen LogP contribution in [0.4, 0.5) is 0 Å². The number of benzene rings is 3. The number of esters is 2. The van der Waals surface area contributed by atoms with Gasteiger partial charge in [-0.2, -0.15) is 0 Å². The average molecular weight is 524 g/mol. The molecule has 0 heterocycles. The van der Waals surface area contributed by atoms with Gasteiger partial charge in [-0.05, 0) is 60.7 Å². The predicted octanol–water partition coefficient (Wildman–Crippen LogP) is 2.86. The Morgan fingerprint density at radius 1 is 0.421 bits per heavy atom. The predicted molar refractivity (Wildman–Crippen MR) is 124 cm³/mol. The molecule has 0 aliphatic heterocycles. The molecule has 0 saturated carbocycles. The number of carbonyl (C=O) groups excluding carboxylic acids is 2. The quantitative estimate of drug-likeness (QED) is 0.221. The molecule has 0 unspecified atom stereocenters. The number of carboxylic acid groups (broad SMARTS) is 5. The summed E-state index contributed by atoms with van der Waals surface area (Å²) in [6, 6.07) is 12.4. The van der Waals surface area contributed by atoms with Gasteiger partial charge in [0.1, 0.15) is 0 Å². The summed E-state index contributed by atoms with van der Waals surface area (Å²) in [4.78, 5) is 77.7. The molecule has 0 aromatic heterocycles. The summed E-state index contributed by atoms with van der Waals surface area (Å²) in [6.45, 7) is 0. The Bertz CT molecular complexity index is 1420. The molecule has 0 bridgehead atoms. The van der Waals surface area contributed by atoms with Crippen molar-refractivity contribution in [3.8, 4) is 0 Å². The Morgan fingerprint density at radius 3 is 1.29 bits per heavy atom. The van der Waals surface area contributed by atoms with Gasteiger partial charge in [0, 0.05) is 0 Å². The second-order valence-electron chi connectivity index (χ2n) is 7.12. The van der Waals surface area contributed by atoms with E-state index in [1.54, 1.807) is 0 Å². The minimum atomic E-state index is -1.51. The van der Waals surface area contributed by atoms with Crippen LogP contribution in [0.1, 0.15) is 72.5 Å². The SMILES string of the molecule is O=C(O)c1ccc(C(=O)OC(=O)c2cc(C(=O)O)ccc2C(=O)O)cc1.O=C(O)c1cccc(C(=O)O)c1. The van der Waals surface area contributed by atoms with Gasteiger partial charge in [-0.1, -0.05) is 6.07 Å². The van der Waals surface area contributed by atoms with E-state index >= 15 is 0 Å². The molecule has 0 saturated heterocycles. The molecule has 0 atom stereocenters. The first kappa shape index (κ1) is 28.4. The summed E-state index contributed by atoms with van der Waals surface area (Å²) in [5.41, 5.74) is -1.77. The van der Waals surface area contributed by atoms with Crippen molar-refractivity contribution in [2.24, 2.45) is 0 Å². The second-order valence-corrected chi connectivity index (χ2v) is 7.12. The third-order valence-corrected chi connectivity index (χ3v) is 4.63. The van der Waals surface area contributed by atoms with Gasteiger partial charge in [-0.25, -0.2) is 33.6 Å². The van der Waals surface area contributed by atoms with Crippen molar-refractivity contribution in [3.63, 3.8) is 0 Å². The maximum absolute atomic E-state index is 12.1. The van der Waals surface area contributed by atoms with Crippen molar-refractivity contribution in [1.29, 1.82) is 0 Å². The lowest BCUT2D eigenvalue weighted by molar-refractivity contribution is 0.0390. The van der Waals surface area contributed by atoms with E-state index < -0.39 is 52.9 Å². The van der Waals surface area contributed by atoms with Gasteiger partial charge in [0.2, 0.25) is 0 Å². The Labute approximate surface area is 211 Å². The molecule has 3 rings (SSSR count). The zero-order valence-electron chi connectivity index (χ0n) is 18.9. The van der Waals surface area contributed by atoms with E-state index in [1.165, 1.54) is 18.2 Å². The fourth-order valence-electron chi connectivity index (χ4n) is 2.76. The van der Waals surface area contributed by atoms with Crippen LogP contribution < -0.4 is 0 Å². The first-order chi connectivity index (χ1) is 17.8. The van der Waals surface area contributed by atoms with Gasteiger partial charge in [0.15, 0.2) is 0 Å². The number of hydrogen-bond acceptors (Lipinski definition) is 8. The van der Waals surface area contributed by atoms with Gasteiger partial charge >= 0.3 is 41.8 Å². The molecule has 3 aromatic rings. The van der Waals surface area contributed by atoms with E-state index in [-0.39, 0.29) is 27.8 Å². The number of hydrogen-bond donors (Lipinski definition) is 5. The van der Waals surface area contributed by atoms with Crippen molar-refractivity contribution in [3.05, 3.63) is 106 Å². The summed E-state index contributed by atoms with van der Waals surface area (Å²) in [5.74, 6) is -8.87. The number of carboxylic acids is 5. The van der Waals surface area contributed by atoms with Gasteiger partial charge in [0.05, 0.1) is 38.9 Å². The van der Waals surface area contributed by atoms with Crippen LogP contribution in [0.3, 0.4) is 0 Å². The van der Waals surface area contributed by atoms with Crippen molar-refractivity contribution in [1.82, 2.24) is 0 Å². The van der Waals surface area contributed by atoms with Crippen LogP contribution in [0, 0.1) is 0 Å². The highest BCUT2D eigenvalue weighted by Crippen LogP contribution is 2.16. The van der Waals surface area contributed by atoms with Crippen LogP contribution in [0.25, 0.3) is 0 Å². The van der Waals surface area contributed by atoms with E-state index in [2.05, 4.69) is 4.74 Å². The highest BCUT2D eigenvalue weighted by molar-refractivity contribution is 6.09. The normalized spacial score (nSPS) is 9.79. The molecule has 38 heavy (non-hydrogen) atoms. The Kier molecular flexibility index (Phi) is 9.12. The smallest absolute Gasteiger partial charge is 0.346 e. The third kappa shape index (κ3) is 7.32. The summed E-state index contributed by atoms with van der Waals surface area (Å²) >= 11 is 0. The molecule has 0 spiro atoms. The molecule has 13 nitrogen and oxygen atoms in total. The van der Waals surface area contributed by atoms with Crippen LogP contribution in [0.2, 0.25) is 0 Å². The lowest BCUT2D eigenvalue weighted by Crippen LogP contribution is -2.17. The Morgan fingerprint density at radius 2 is 0.842 bits per heavy atom. The van der Waals surface area contributed by atoms with E-state index in [0.717, 1.165) is 48.5 Å². The van der Waals surface area contributed by atoms with Crippen LogP contribution in [-0.4, -0.2) is 67.3 Å². The Balaban J connectivity index is 0.000000352. The number of aromatic carboxylic acids is 5. The van der Waals surface area contributed by atoms with Crippen molar-refractivity contribution >= 4 is 41.8 Å². The summed E-state index contributed by atoms with van der Waals surface area (Å²) in [7, 11) is 0. The molecule has 194 valence electrons. The lowest BCUT2D eigenvalue weighted by Gasteiger charge is -2.07. The first-order valence-corrected chi connectivity index (χ1v) is 10.1. The largest absolute Gasteiger partial charge is 0.478 e. The molecular weight excluding hydrogens is 508 g/mol. The van der Waals surface area contributed by atoms with E-state index in [4.69, 9.17) is 25.5 Å². The van der Waals surface area contributed by atoms with Gasteiger partial charge < -0.3 is 30.3 Å². The zero-order chi connectivity index (χ0) is 28.6. The van der Waals surface area contributed by atoms with E-state index in [9.17, 15) is 33.6 Å². The zero-order valence-corrected chi connectivity index (χ0v) is 18.9. The minimum absolute atomic E-state index is 0.0186. The maximum Gasteiger partial charge on any atom is 0.346 e. The van der Waals surface area contributed by atoms with Crippen LogP contribution >= 0.6 is 0 Å².